The van der Waals surface area contributed by atoms with Crippen molar-refractivity contribution in [3.8, 4) is 0 Å². The van der Waals surface area contributed by atoms with Crippen molar-refractivity contribution in [3.63, 3.8) is 0 Å². The first-order chi connectivity index (χ1) is 3.84. The third-order valence-corrected chi connectivity index (χ3v) is 1.20. The molecule has 0 saturated carbocycles. The van der Waals surface area contributed by atoms with E-state index in [0.29, 0.717) is 0 Å². The van der Waals surface area contributed by atoms with Gasteiger partial charge in [0.1, 0.15) is 0 Å². The fraction of sp³-hybridized carbons (Fsp3) is 0.500. The third-order valence-electron chi connectivity index (χ3n) is 1.20. The summed E-state index contributed by atoms with van der Waals surface area (Å²) in [6, 6.07) is 0. The van der Waals surface area contributed by atoms with Crippen LogP contribution < -0.4 is 0 Å². The van der Waals surface area contributed by atoms with E-state index in [-0.39, 0.29) is 0 Å². The summed E-state index contributed by atoms with van der Waals surface area (Å²) in [6.07, 6.45) is 3.67. The quantitative estimate of drug-likeness (QED) is 0.574. The van der Waals surface area contributed by atoms with Crippen molar-refractivity contribution >= 4 is 0 Å². The molecule has 2 nitrogen and oxygen atoms in total. The van der Waals surface area contributed by atoms with Crippen LogP contribution in [-0.4, -0.2) is 9.97 Å². The Morgan fingerprint density at radius 1 is 1.75 bits per heavy atom. The predicted molar refractivity (Wildman–Crippen MR) is 31.5 cm³/mol. The number of imidazole rings is 1. The molecule has 0 amide bonds. The van der Waals surface area contributed by atoms with Gasteiger partial charge in [0.15, 0.2) is 6.33 Å². The van der Waals surface area contributed by atoms with Crippen LogP contribution in [-0.2, 0) is 6.42 Å². The number of hydrogen-bond acceptors (Lipinski definition) is 1. The minimum absolute atomic E-state index is 0.992. The molecule has 0 aromatic carbocycles. The summed E-state index contributed by atoms with van der Waals surface area (Å²) in [7, 11) is 0. The summed E-state index contributed by atoms with van der Waals surface area (Å²) in [5, 5.41) is 0. The zero-order valence-electron chi connectivity index (χ0n) is 5.15. The second-order valence-electron chi connectivity index (χ2n) is 1.77. The molecule has 0 atom stereocenters. The van der Waals surface area contributed by atoms with Crippen molar-refractivity contribution in [2.75, 3.05) is 0 Å². The van der Waals surface area contributed by atoms with Gasteiger partial charge < -0.3 is 4.98 Å². The van der Waals surface area contributed by atoms with Crippen molar-refractivity contribution in [1.82, 2.24) is 9.97 Å². The molecule has 0 spiro atoms. The molecule has 2 heteroatoms. The molecule has 43 valence electrons. The molecule has 1 N–H and O–H groups in total. The van der Waals surface area contributed by atoms with E-state index >= 15 is 0 Å². The van der Waals surface area contributed by atoms with E-state index in [4.69, 9.17) is 0 Å². The van der Waals surface area contributed by atoms with Crippen molar-refractivity contribution in [1.29, 1.82) is 0 Å². The lowest BCUT2D eigenvalue weighted by Crippen LogP contribution is -1.81. The van der Waals surface area contributed by atoms with Crippen LogP contribution in [0.2, 0.25) is 0 Å². The second kappa shape index (κ2) is 1.99. The molecule has 0 unspecified atom stereocenters. The predicted octanol–water partition coefficient (Wildman–Crippen LogP) is 1.08. The highest BCUT2D eigenvalue weighted by molar-refractivity contribution is 5.06. The molecular formula is C6H9N2. The maximum atomic E-state index is 3.95. The Kier molecular flexibility index (Phi) is 1.33. The minimum Gasteiger partial charge on any atom is -0.339 e. The Hall–Kier alpha value is -0.790. The van der Waals surface area contributed by atoms with Crippen molar-refractivity contribution < 1.29 is 0 Å². The maximum absolute atomic E-state index is 3.95. The van der Waals surface area contributed by atoms with Gasteiger partial charge >= 0.3 is 0 Å². The largest absolute Gasteiger partial charge is 0.339 e. The van der Waals surface area contributed by atoms with Crippen LogP contribution in [0.25, 0.3) is 0 Å². The van der Waals surface area contributed by atoms with Gasteiger partial charge in [-0.2, -0.15) is 0 Å². The van der Waals surface area contributed by atoms with E-state index < -0.39 is 0 Å². The number of hydrogen-bond donors (Lipinski definition) is 1. The Balaban J connectivity index is 2.92. The smallest absolute Gasteiger partial charge is 0.174 e. The van der Waals surface area contributed by atoms with Crippen LogP contribution in [0, 0.1) is 13.3 Å². The summed E-state index contributed by atoms with van der Waals surface area (Å²) >= 11 is 0. The Morgan fingerprint density at radius 3 is 2.75 bits per heavy atom. The second-order valence-corrected chi connectivity index (χ2v) is 1.77. The molecule has 1 rings (SSSR count). The lowest BCUT2D eigenvalue weighted by atomic mass is 10.3. The van der Waals surface area contributed by atoms with Crippen LogP contribution in [0.1, 0.15) is 18.3 Å². The molecule has 1 aromatic heterocycles. The number of aromatic amines is 1. The molecule has 1 radical (unpaired) electrons. The number of aryl methyl sites for hydroxylation is 2. The van der Waals surface area contributed by atoms with E-state index in [2.05, 4.69) is 23.2 Å². The Bertz CT molecular complexity index is 167. The Labute approximate surface area is 49.0 Å². The number of aromatic nitrogens is 2. The van der Waals surface area contributed by atoms with Crippen LogP contribution in [0.4, 0.5) is 0 Å². The monoisotopic (exact) mass is 109 g/mol. The number of nitrogens with zero attached hydrogens (tertiary/aromatic N) is 1. The van der Waals surface area contributed by atoms with Crippen LogP contribution >= 0.6 is 0 Å². The molecule has 1 aromatic rings. The van der Waals surface area contributed by atoms with Crippen molar-refractivity contribution in [3.05, 3.63) is 17.7 Å². The molecule has 0 fully saturated rings. The molecule has 1 heterocycles. The number of nitrogens with one attached hydrogen (secondary N) is 1. The molecule has 0 saturated heterocycles. The summed E-state index contributed by atoms with van der Waals surface area (Å²) in [6.45, 7) is 4.08. The third kappa shape index (κ3) is 0.735. The minimum atomic E-state index is 0.992. The molecule has 0 bridgehead atoms. The van der Waals surface area contributed by atoms with Gasteiger partial charge in [0.25, 0.3) is 0 Å². The highest BCUT2D eigenvalue weighted by atomic mass is 14.9. The topological polar surface area (TPSA) is 28.7 Å². The van der Waals surface area contributed by atoms with E-state index in [1.165, 1.54) is 0 Å². The van der Waals surface area contributed by atoms with Crippen LogP contribution in [0.5, 0.6) is 0 Å². The summed E-state index contributed by atoms with van der Waals surface area (Å²) in [5.41, 5.74) is 2.25. The first-order valence-electron chi connectivity index (χ1n) is 2.76. The van der Waals surface area contributed by atoms with Gasteiger partial charge in [0.05, 0.1) is 5.69 Å². The molecular weight excluding hydrogens is 100 g/mol. The lowest BCUT2D eigenvalue weighted by Gasteiger charge is -1.86. The Morgan fingerprint density at radius 2 is 2.50 bits per heavy atom. The molecule has 0 aliphatic rings. The van der Waals surface area contributed by atoms with Gasteiger partial charge in [0.2, 0.25) is 0 Å². The van der Waals surface area contributed by atoms with E-state index in [0.717, 1.165) is 17.8 Å². The standard InChI is InChI=1S/C6H9N2/c1-3-6-5(2)7-4-8-6/h3H2,1-2H3,(H,7,8). The van der Waals surface area contributed by atoms with E-state index in [9.17, 15) is 0 Å². The lowest BCUT2D eigenvalue weighted by molar-refractivity contribution is 1.04. The zero-order valence-corrected chi connectivity index (χ0v) is 5.15. The zero-order chi connectivity index (χ0) is 5.98. The van der Waals surface area contributed by atoms with Crippen molar-refractivity contribution in [2.24, 2.45) is 0 Å². The highest BCUT2D eigenvalue weighted by Gasteiger charge is 1.94. The first-order valence-corrected chi connectivity index (χ1v) is 2.76. The van der Waals surface area contributed by atoms with E-state index in [1.807, 2.05) is 6.92 Å². The van der Waals surface area contributed by atoms with Crippen molar-refractivity contribution in [2.45, 2.75) is 20.3 Å². The average molecular weight is 109 g/mol. The normalized spacial score (nSPS) is 9.75. The van der Waals surface area contributed by atoms with Gasteiger partial charge in [-0.15, -0.1) is 0 Å². The average Bonchev–Trinajstić information content (AvgIpc) is 2.14. The van der Waals surface area contributed by atoms with Crippen LogP contribution in [0.3, 0.4) is 0 Å². The summed E-state index contributed by atoms with van der Waals surface area (Å²) in [4.78, 5) is 6.84. The van der Waals surface area contributed by atoms with Gasteiger partial charge in [-0.3, -0.25) is 0 Å². The van der Waals surface area contributed by atoms with E-state index in [1.54, 1.807) is 0 Å². The maximum Gasteiger partial charge on any atom is 0.174 e. The van der Waals surface area contributed by atoms with Gasteiger partial charge in [-0.1, -0.05) is 6.92 Å². The number of H-pyrrole nitrogens is 1. The number of rotatable bonds is 1. The molecule has 0 aliphatic heterocycles. The van der Waals surface area contributed by atoms with Gasteiger partial charge in [-0.25, -0.2) is 4.98 Å². The van der Waals surface area contributed by atoms with Gasteiger partial charge in [-0.05, 0) is 13.3 Å². The SMILES string of the molecule is CCc1n[c][nH]c1C. The first kappa shape index (κ1) is 5.35. The van der Waals surface area contributed by atoms with Gasteiger partial charge in [0, 0.05) is 5.69 Å². The molecule has 8 heavy (non-hydrogen) atoms. The van der Waals surface area contributed by atoms with Crippen LogP contribution in [0.15, 0.2) is 0 Å². The fourth-order valence-electron chi connectivity index (χ4n) is 0.680. The summed E-state index contributed by atoms with van der Waals surface area (Å²) < 4.78 is 0. The highest BCUT2D eigenvalue weighted by Crippen LogP contribution is 1.98. The molecule has 0 aliphatic carbocycles. The fourth-order valence-corrected chi connectivity index (χ4v) is 0.680. The summed E-state index contributed by atoms with van der Waals surface area (Å²) in [5.74, 6) is 0.